The number of pyridine rings is 1. The van der Waals surface area contributed by atoms with Gasteiger partial charge in [0.15, 0.2) is 0 Å². The number of methoxy groups -OCH3 is 1. The van der Waals surface area contributed by atoms with E-state index in [4.69, 9.17) is 9.84 Å². The number of carbonyl (C=O) groups is 1. The van der Waals surface area contributed by atoms with Gasteiger partial charge in [0.1, 0.15) is 6.54 Å². The van der Waals surface area contributed by atoms with Crippen molar-refractivity contribution in [2.75, 3.05) is 19.0 Å². The number of anilines is 1. The summed E-state index contributed by atoms with van der Waals surface area (Å²) in [5, 5.41) is 21.4. The first kappa shape index (κ1) is 11.7. The molecule has 0 saturated heterocycles. The molecule has 0 atom stereocenters. The van der Waals surface area contributed by atoms with Crippen molar-refractivity contribution < 1.29 is 19.6 Å². The van der Waals surface area contributed by atoms with E-state index < -0.39 is 17.4 Å². The van der Waals surface area contributed by atoms with Gasteiger partial charge < -0.3 is 15.2 Å². The Morgan fingerprint density at radius 2 is 2.38 bits per heavy atom. The van der Waals surface area contributed by atoms with Crippen LogP contribution in [0.3, 0.4) is 0 Å². The molecule has 1 aromatic rings. The van der Waals surface area contributed by atoms with Crippen LogP contribution in [0.2, 0.25) is 0 Å². The van der Waals surface area contributed by atoms with Crippen LogP contribution in [0.15, 0.2) is 12.1 Å². The van der Waals surface area contributed by atoms with Crippen LogP contribution in [0.5, 0.6) is 5.88 Å². The molecule has 0 aliphatic rings. The fourth-order valence-electron chi connectivity index (χ4n) is 0.984. The summed E-state index contributed by atoms with van der Waals surface area (Å²) in [7, 11) is 1.36. The molecule has 2 N–H and O–H groups in total. The van der Waals surface area contributed by atoms with Crippen molar-refractivity contribution in [2.24, 2.45) is 0 Å². The Kier molecular flexibility index (Phi) is 3.59. The quantitative estimate of drug-likeness (QED) is 0.555. The minimum absolute atomic E-state index is 0.133. The maximum absolute atomic E-state index is 10.6. The number of nitrogens with zero attached hydrogens (tertiary/aromatic N) is 2. The summed E-state index contributed by atoms with van der Waals surface area (Å²) in [4.78, 5) is 24.0. The van der Waals surface area contributed by atoms with E-state index in [-0.39, 0.29) is 17.4 Å². The summed E-state index contributed by atoms with van der Waals surface area (Å²) >= 11 is 0. The monoisotopic (exact) mass is 227 g/mol. The number of carboxylic acids is 1. The summed E-state index contributed by atoms with van der Waals surface area (Å²) in [6, 6.07) is 2.51. The van der Waals surface area contributed by atoms with Gasteiger partial charge in [-0.15, -0.1) is 0 Å². The fourth-order valence-corrected chi connectivity index (χ4v) is 0.984. The minimum Gasteiger partial charge on any atom is -0.481 e. The van der Waals surface area contributed by atoms with Gasteiger partial charge in [-0.3, -0.25) is 14.9 Å². The van der Waals surface area contributed by atoms with Crippen LogP contribution in [0, 0.1) is 10.1 Å². The Hall–Kier alpha value is -2.38. The van der Waals surface area contributed by atoms with E-state index in [1.807, 2.05) is 0 Å². The van der Waals surface area contributed by atoms with Crippen molar-refractivity contribution in [3.05, 3.63) is 22.2 Å². The summed E-state index contributed by atoms with van der Waals surface area (Å²) < 4.78 is 4.78. The first-order chi connectivity index (χ1) is 7.54. The molecule has 86 valence electrons. The van der Waals surface area contributed by atoms with Crippen LogP contribution >= 0.6 is 0 Å². The molecule has 0 unspecified atom stereocenters. The molecule has 1 rings (SSSR count). The Balaban J connectivity index is 3.00. The molecule has 0 fully saturated rings. The number of hydrogen-bond acceptors (Lipinski definition) is 6. The van der Waals surface area contributed by atoms with Gasteiger partial charge in [0.05, 0.1) is 12.0 Å². The second-order valence-corrected chi connectivity index (χ2v) is 2.73. The van der Waals surface area contributed by atoms with Gasteiger partial charge in [0, 0.05) is 12.1 Å². The molecule has 0 spiro atoms. The average Bonchev–Trinajstić information content (AvgIpc) is 2.25. The number of nitro groups is 1. The topological polar surface area (TPSA) is 115 Å². The average molecular weight is 227 g/mol. The van der Waals surface area contributed by atoms with Gasteiger partial charge in [0.2, 0.25) is 11.7 Å². The first-order valence-corrected chi connectivity index (χ1v) is 4.19. The molecule has 0 aliphatic carbocycles. The molecule has 0 saturated carbocycles. The van der Waals surface area contributed by atoms with Gasteiger partial charge in [-0.2, -0.15) is 4.98 Å². The Morgan fingerprint density at radius 3 is 2.88 bits per heavy atom. The number of hydrogen-bond donors (Lipinski definition) is 2. The van der Waals surface area contributed by atoms with Gasteiger partial charge in [-0.25, -0.2) is 0 Å². The molecular weight excluding hydrogens is 218 g/mol. The number of carboxylic acid groups (broad SMARTS) is 1. The molecule has 0 aromatic carbocycles. The third kappa shape index (κ3) is 2.80. The number of rotatable bonds is 5. The summed E-state index contributed by atoms with van der Waals surface area (Å²) in [5.41, 5.74) is -0.304. The standard InChI is InChI=1S/C8H9N3O5/c1-16-6-3-2-5(11(14)15)8(10-6)9-4-7(12)13/h2-3H,4H2,1H3,(H,9,10)(H,12,13). The SMILES string of the molecule is COc1ccc([N+](=O)[O-])c(NCC(=O)O)n1. The highest BCUT2D eigenvalue weighted by Crippen LogP contribution is 2.24. The summed E-state index contributed by atoms with van der Waals surface area (Å²) in [6.45, 7) is -0.457. The Labute approximate surface area is 90.0 Å². The van der Waals surface area contributed by atoms with Gasteiger partial charge in [-0.1, -0.05) is 0 Å². The van der Waals surface area contributed by atoms with Crippen LogP contribution in [-0.2, 0) is 4.79 Å². The highest BCUT2D eigenvalue weighted by molar-refractivity contribution is 5.73. The van der Waals surface area contributed by atoms with Crippen molar-refractivity contribution in [2.45, 2.75) is 0 Å². The highest BCUT2D eigenvalue weighted by Gasteiger charge is 2.16. The molecule has 8 nitrogen and oxygen atoms in total. The highest BCUT2D eigenvalue weighted by atomic mass is 16.6. The summed E-state index contributed by atoms with van der Waals surface area (Å²) in [5.74, 6) is -1.11. The molecular formula is C8H9N3O5. The smallest absolute Gasteiger partial charge is 0.322 e. The second kappa shape index (κ2) is 4.91. The molecule has 1 aromatic heterocycles. The minimum atomic E-state index is -1.14. The fraction of sp³-hybridized carbons (Fsp3) is 0.250. The largest absolute Gasteiger partial charge is 0.481 e. The van der Waals surface area contributed by atoms with Crippen LogP contribution in [0.4, 0.5) is 11.5 Å². The summed E-state index contributed by atoms with van der Waals surface area (Å²) in [6.07, 6.45) is 0. The second-order valence-electron chi connectivity index (χ2n) is 2.73. The molecule has 0 aliphatic heterocycles. The first-order valence-electron chi connectivity index (χ1n) is 4.19. The van der Waals surface area contributed by atoms with E-state index in [1.165, 1.54) is 19.2 Å². The van der Waals surface area contributed by atoms with Crippen LogP contribution in [0.25, 0.3) is 0 Å². The van der Waals surface area contributed by atoms with Crippen molar-refractivity contribution >= 4 is 17.5 Å². The predicted octanol–water partition coefficient (Wildman–Crippen LogP) is 0.495. The third-order valence-electron chi connectivity index (χ3n) is 1.66. The molecule has 0 radical (unpaired) electrons. The van der Waals surface area contributed by atoms with E-state index >= 15 is 0 Å². The van der Waals surface area contributed by atoms with E-state index in [0.717, 1.165) is 0 Å². The number of nitrogens with one attached hydrogen (secondary N) is 1. The van der Waals surface area contributed by atoms with Crippen molar-refractivity contribution in [3.63, 3.8) is 0 Å². The van der Waals surface area contributed by atoms with Crippen molar-refractivity contribution in [1.29, 1.82) is 0 Å². The maximum atomic E-state index is 10.6. The zero-order chi connectivity index (χ0) is 12.1. The van der Waals surface area contributed by atoms with Gasteiger partial charge >= 0.3 is 11.7 Å². The van der Waals surface area contributed by atoms with E-state index in [0.29, 0.717) is 0 Å². The lowest BCUT2D eigenvalue weighted by molar-refractivity contribution is -0.384. The predicted molar refractivity (Wildman–Crippen MR) is 53.6 cm³/mol. The van der Waals surface area contributed by atoms with Crippen LogP contribution in [-0.4, -0.2) is 34.6 Å². The zero-order valence-corrected chi connectivity index (χ0v) is 8.34. The molecule has 8 heteroatoms. The molecule has 16 heavy (non-hydrogen) atoms. The van der Waals surface area contributed by atoms with Crippen molar-refractivity contribution in [1.82, 2.24) is 4.98 Å². The zero-order valence-electron chi connectivity index (χ0n) is 8.34. The Morgan fingerprint density at radius 1 is 1.69 bits per heavy atom. The molecule has 1 heterocycles. The van der Waals surface area contributed by atoms with E-state index in [9.17, 15) is 14.9 Å². The lowest BCUT2D eigenvalue weighted by atomic mass is 10.4. The molecule has 0 bridgehead atoms. The number of aliphatic carboxylic acids is 1. The number of ether oxygens (including phenoxy) is 1. The van der Waals surface area contributed by atoms with Gasteiger partial charge in [-0.05, 0) is 0 Å². The molecule has 0 amide bonds. The van der Waals surface area contributed by atoms with Crippen LogP contribution in [0.1, 0.15) is 0 Å². The van der Waals surface area contributed by atoms with E-state index in [2.05, 4.69) is 10.3 Å². The number of aromatic nitrogens is 1. The van der Waals surface area contributed by atoms with Crippen LogP contribution < -0.4 is 10.1 Å². The van der Waals surface area contributed by atoms with E-state index in [1.54, 1.807) is 0 Å². The lowest BCUT2D eigenvalue weighted by Crippen LogP contribution is -2.14. The van der Waals surface area contributed by atoms with Gasteiger partial charge in [0.25, 0.3) is 0 Å². The lowest BCUT2D eigenvalue weighted by Gasteiger charge is -2.05. The van der Waals surface area contributed by atoms with Crippen molar-refractivity contribution in [3.8, 4) is 5.88 Å². The normalized spacial score (nSPS) is 9.56. The third-order valence-corrected chi connectivity index (χ3v) is 1.66. The Bertz CT molecular complexity index is 420. The maximum Gasteiger partial charge on any atom is 0.322 e.